The molecule has 0 N–H and O–H groups in total. The number of nitrogens with zero attached hydrogens (tertiary/aromatic N) is 1. The van der Waals surface area contributed by atoms with Gasteiger partial charge in [-0.05, 0) is 66.2 Å². The van der Waals surface area contributed by atoms with E-state index in [9.17, 15) is 9.18 Å². The molecule has 0 saturated heterocycles. The van der Waals surface area contributed by atoms with Gasteiger partial charge in [-0.25, -0.2) is 14.2 Å². The van der Waals surface area contributed by atoms with E-state index < -0.39 is 5.97 Å². The Morgan fingerprint density at radius 2 is 1.65 bits per heavy atom. The summed E-state index contributed by atoms with van der Waals surface area (Å²) in [5.41, 5.74) is 2.41. The molecule has 0 unspecified atom stereocenters. The molecular weight excluding hydrogens is 333 g/mol. The highest BCUT2D eigenvalue weighted by atomic mass is 19.1. The number of aromatic nitrogens is 1. The highest BCUT2D eigenvalue weighted by Crippen LogP contribution is 2.26. The first-order valence-electron chi connectivity index (χ1n) is 7.86. The van der Waals surface area contributed by atoms with Crippen molar-refractivity contribution in [3.05, 3.63) is 84.3 Å². The van der Waals surface area contributed by atoms with Crippen LogP contribution >= 0.6 is 0 Å². The van der Waals surface area contributed by atoms with Gasteiger partial charge in [-0.3, -0.25) is 0 Å². The van der Waals surface area contributed by atoms with Gasteiger partial charge in [-0.15, -0.1) is 0 Å². The van der Waals surface area contributed by atoms with Crippen LogP contribution in [0.3, 0.4) is 0 Å². The minimum atomic E-state index is -0.508. The van der Waals surface area contributed by atoms with Gasteiger partial charge in [0.2, 0.25) is 0 Å². The molecule has 0 aliphatic rings. The zero-order chi connectivity index (χ0) is 18.5. The maximum Gasteiger partial charge on any atom is 0.356 e. The molecule has 130 valence electrons. The molecule has 0 bridgehead atoms. The van der Waals surface area contributed by atoms with Crippen LogP contribution in [0.4, 0.5) is 4.39 Å². The summed E-state index contributed by atoms with van der Waals surface area (Å²) in [4.78, 5) is 16.1. The molecule has 0 aliphatic carbocycles. The molecule has 3 aromatic rings. The van der Waals surface area contributed by atoms with Crippen molar-refractivity contribution < 1.29 is 18.7 Å². The second-order valence-corrected chi connectivity index (χ2v) is 5.45. The maximum atomic E-state index is 12.9. The van der Waals surface area contributed by atoms with Crippen LogP contribution in [-0.2, 0) is 4.74 Å². The molecule has 0 fully saturated rings. The van der Waals surface area contributed by atoms with Crippen molar-refractivity contribution in [1.82, 2.24) is 4.98 Å². The number of carbonyl (C=O) groups is 1. The van der Waals surface area contributed by atoms with Gasteiger partial charge in [0.25, 0.3) is 0 Å². The van der Waals surface area contributed by atoms with E-state index in [1.54, 1.807) is 36.4 Å². The summed E-state index contributed by atoms with van der Waals surface area (Å²) in [7, 11) is 1.31. The summed E-state index contributed by atoms with van der Waals surface area (Å²) < 4.78 is 23.3. The first-order chi connectivity index (χ1) is 12.6. The number of methoxy groups -OCH3 is 1. The second-order valence-electron chi connectivity index (χ2n) is 5.45. The number of halogens is 1. The van der Waals surface area contributed by atoms with Crippen LogP contribution in [-0.4, -0.2) is 18.1 Å². The molecule has 3 rings (SSSR count). The third kappa shape index (κ3) is 3.95. The Labute approximate surface area is 150 Å². The van der Waals surface area contributed by atoms with Crippen molar-refractivity contribution in [2.45, 2.75) is 0 Å². The van der Waals surface area contributed by atoms with Crippen LogP contribution in [0.1, 0.15) is 16.1 Å². The zero-order valence-corrected chi connectivity index (χ0v) is 14.1. The van der Waals surface area contributed by atoms with Gasteiger partial charge in [0.1, 0.15) is 23.0 Å². The number of benzene rings is 2. The molecule has 5 heteroatoms. The average Bonchev–Trinajstić information content (AvgIpc) is 2.69. The highest BCUT2D eigenvalue weighted by molar-refractivity contribution is 5.88. The van der Waals surface area contributed by atoms with Crippen molar-refractivity contribution in [3.8, 4) is 22.8 Å². The number of esters is 1. The quantitative estimate of drug-likeness (QED) is 0.601. The first-order valence-corrected chi connectivity index (χ1v) is 7.86. The van der Waals surface area contributed by atoms with E-state index in [2.05, 4.69) is 11.6 Å². The smallest absolute Gasteiger partial charge is 0.356 e. The Hall–Kier alpha value is -3.47. The summed E-state index contributed by atoms with van der Waals surface area (Å²) >= 11 is 0. The van der Waals surface area contributed by atoms with Crippen molar-refractivity contribution in [3.63, 3.8) is 0 Å². The average molecular weight is 349 g/mol. The third-order valence-electron chi connectivity index (χ3n) is 3.68. The lowest BCUT2D eigenvalue weighted by Gasteiger charge is -2.08. The molecule has 1 heterocycles. The lowest BCUT2D eigenvalue weighted by atomic mass is 10.1. The topological polar surface area (TPSA) is 48.4 Å². The number of hydrogen-bond acceptors (Lipinski definition) is 4. The predicted molar refractivity (Wildman–Crippen MR) is 97.6 cm³/mol. The van der Waals surface area contributed by atoms with E-state index >= 15 is 0 Å². The molecule has 4 nitrogen and oxygen atoms in total. The lowest BCUT2D eigenvalue weighted by Crippen LogP contribution is -2.05. The maximum absolute atomic E-state index is 12.9. The highest BCUT2D eigenvalue weighted by Gasteiger charge is 2.11. The minimum Gasteiger partial charge on any atom is -0.464 e. The minimum absolute atomic E-state index is 0.214. The fourth-order valence-corrected chi connectivity index (χ4v) is 2.36. The van der Waals surface area contributed by atoms with Crippen molar-refractivity contribution >= 4 is 12.0 Å². The van der Waals surface area contributed by atoms with E-state index in [0.29, 0.717) is 17.2 Å². The van der Waals surface area contributed by atoms with Gasteiger partial charge in [-0.2, -0.15) is 0 Å². The summed E-state index contributed by atoms with van der Waals surface area (Å²) in [5, 5.41) is 0. The molecule has 0 radical (unpaired) electrons. The zero-order valence-electron chi connectivity index (χ0n) is 14.1. The van der Waals surface area contributed by atoms with E-state index in [1.807, 2.05) is 18.2 Å². The fraction of sp³-hybridized carbons (Fsp3) is 0.0476. The number of ether oxygens (including phenoxy) is 2. The first kappa shape index (κ1) is 17.4. The number of hydrogen-bond donors (Lipinski definition) is 0. The molecule has 26 heavy (non-hydrogen) atoms. The Bertz CT molecular complexity index is 934. The van der Waals surface area contributed by atoms with Crippen LogP contribution < -0.4 is 4.74 Å². The van der Waals surface area contributed by atoms with Crippen LogP contribution in [0.25, 0.3) is 17.3 Å². The molecular formula is C21H16FNO3. The van der Waals surface area contributed by atoms with E-state index in [0.717, 1.165) is 11.1 Å². The molecule has 1 aromatic heterocycles. The fourth-order valence-electron chi connectivity index (χ4n) is 2.36. The largest absolute Gasteiger partial charge is 0.464 e. The second kappa shape index (κ2) is 7.61. The standard InChI is InChI=1S/C21H16FNO3/c1-3-14-12-19(23-20(13-14)21(24)25-2)15-4-8-17(9-5-15)26-18-10-6-16(22)7-11-18/h3-13H,1H2,2H3. The SMILES string of the molecule is C=Cc1cc(C(=O)OC)nc(-c2ccc(Oc3ccc(F)cc3)cc2)c1. The van der Waals surface area contributed by atoms with E-state index in [4.69, 9.17) is 9.47 Å². The van der Waals surface area contributed by atoms with Gasteiger partial charge in [0, 0.05) is 5.56 Å². The molecule has 0 spiro atoms. The summed E-state index contributed by atoms with van der Waals surface area (Å²) in [6.45, 7) is 3.73. The van der Waals surface area contributed by atoms with Crippen molar-refractivity contribution in [2.75, 3.05) is 7.11 Å². The molecule has 0 saturated carbocycles. The Balaban J connectivity index is 1.87. The van der Waals surface area contributed by atoms with Gasteiger partial charge in [0.05, 0.1) is 12.8 Å². The van der Waals surface area contributed by atoms with Gasteiger partial charge >= 0.3 is 5.97 Å². The summed E-state index contributed by atoms with van der Waals surface area (Å²) in [5.74, 6) is 0.320. The van der Waals surface area contributed by atoms with Crippen LogP contribution in [0.15, 0.2) is 67.2 Å². The molecule has 0 aliphatic heterocycles. The lowest BCUT2D eigenvalue weighted by molar-refractivity contribution is 0.0594. The summed E-state index contributed by atoms with van der Waals surface area (Å²) in [6, 6.07) is 16.4. The third-order valence-corrected chi connectivity index (χ3v) is 3.68. The number of carbonyl (C=O) groups excluding carboxylic acids is 1. The van der Waals surface area contributed by atoms with Crippen LogP contribution in [0, 0.1) is 5.82 Å². The Morgan fingerprint density at radius 1 is 1.04 bits per heavy atom. The van der Waals surface area contributed by atoms with Crippen LogP contribution in [0.5, 0.6) is 11.5 Å². The Morgan fingerprint density at radius 3 is 2.23 bits per heavy atom. The number of rotatable bonds is 5. The van der Waals surface area contributed by atoms with E-state index in [-0.39, 0.29) is 11.5 Å². The normalized spacial score (nSPS) is 10.2. The number of pyridine rings is 1. The van der Waals surface area contributed by atoms with Gasteiger partial charge in [0.15, 0.2) is 0 Å². The summed E-state index contributed by atoms with van der Waals surface area (Å²) in [6.07, 6.45) is 1.64. The predicted octanol–water partition coefficient (Wildman–Crippen LogP) is 5.11. The van der Waals surface area contributed by atoms with Gasteiger partial charge in [-0.1, -0.05) is 12.7 Å². The monoisotopic (exact) mass is 349 g/mol. The van der Waals surface area contributed by atoms with Crippen molar-refractivity contribution in [2.24, 2.45) is 0 Å². The Kier molecular flexibility index (Phi) is 5.08. The molecule has 0 atom stereocenters. The van der Waals surface area contributed by atoms with E-state index in [1.165, 1.54) is 19.2 Å². The van der Waals surface area contributed by atoms with Gasteiger partial charge < -0.3 is 9.47 Å². The molecule has 2 aromatic carbocycles. The molecule has 0 amide bonds. The van der Waals surface area contributed by atoms with Crippen LogP contribution in [0.2, 0.25) is 0 Å². The van der Waals surface area contributed by atoms with Crippen molar-refractivity contribution in [1.29, 1.82) is 0 Å².